The van der Waals surface area contributed by atoms with Crippen molar-refractivity contribution in [2.45, 2.75) is 44.8 Å². The van der Waals surface area contributed by atoms with Crippen molar-refractivity contribution in [1.82, 2.24) is 5.06 Å². The molecule has 1 aliphatic rings. The predicted octanol–water partition coefficient (Wildman–Crippen LogP) is 3.73. The van der Waals surface area contributed by atoms with E-state index in [4.69, 9.17) is 9.57 Å². The lowest BCUT2D eigenvalue weighted by atomic mass is 10.1. The molecule has 1 saturated heterocycles. The van der Waals surface area contributed by atoms with Crippen LogP contribution in [-0.4, -0.2) is 29.9 Å². The summed E-state index contributed by atoms with van der Waals surface area (Å²) in [6, 6.07) is 10.0. The van der Waals surface area contributed by atoms with E-state index in [9.17, 15) is 4.79 Å². The standard InChI is InChI=1S/C17H23NO3/c1-3-8-16(9-4-2)21-18-15(13-20-17(18)19)12-14-10-6-5-7-11-14/h3,5-7,10-11,15-16H,1,4,8-9,12-13H2,2H3/t15-,16-/m0/s1. The van der Waals surface area contributed by atoms with E-state index in [1.807, 2.05) is 36.4 Å². The van der Waals surface area contributed by atoms with Gasteiger partial charge in [0.2, 0.25) is 0 Å². The van der Waals surface area contributed by atoms with Gasteiger partial charge in [0.05, 0.1) is 6.10 Å². The molecule has 0 aliphatic carbocycles. The van der Waals surface area contributed by atoms with E-state index in [1.165, 1.54) is 10.6 Å². The molecule has 1 fully saturated rings. The maximum absolute atomic E-state index is 11.9. The van der Waals surface area contributed by atoms with Gasteiger partial charge in [-0.2, -0.15) is 5.06 Å². The van der Waals surface area contributed by atoms with E-state index in [-0.39, 0.29) is 18.2 Å². The van der Waals surface area contributed by atoms with E-state index in [0.29, 0.717) is 6.61 Å². The van der Waals surface area contributed by atoms with Crippen molar-refractivity contribution in [2.75, 3.05) is 6.61 Å². The summed E-state index contributed by atoms with van der Waals surface area (Å²) in [6.07, 6.45) is 4.79. The van der Waals surface area contributed by atoms with Crippen LogP contribution in [0, 0.1) is 0 Å². The molecule has 1 amide bonds. The number of carbonyl (C=O) groups is 1. The number of hydrogen-bond donors (Lipinski definition) is 0. The van der Waals surface area contributed by atoms with Gasteiger partial charge in [-0.3, -0.25) is 4.84 Å². The molecule has 0 unspecified atom stereocenters. The number of rotatable bonds is 8. The fraction of sp³-hybridized carbons (Fsp3) is 0.471. The van der Waals surface area contributed by atoms with Gasteiger partial charge in [-0.15, -0.1) is 6.58 Å². The van der Waals surface area contributed by atoms with E-state index in [1.54, 1.807) is 0 Å². The van der Waals surface area contributed by atoms with Crippen LogP contribution >= 0.6 is 0 Å². The highest BCUT2D eigenvalue weighted by atomic mass is 16.7. The van der Waals surface area contributed by atoms with Crippen LogP contribution in [0.3, 0.4) is 0 Å². The summed E-state index contributed by atoms with van der Waals surface area (Å²) in [6.45, 7) is 6.22. The Morgan fingerprint density at radius 1 is 1.48 bits per heavy atom. The summed E-state index contributed by atoms with van der Waals surface area (Å²) in [5, 5.41) is 1.41. The Hall–Kier alpha value is -1.81. The minimum absolute atomic E-state index is 0.0172. The Morgan fingerprint density at radius 3 is 2.90 bits per heavy atom. The molecule has 2 rings (SSSR count). The number of benzene rings is 1. The van der Waals surface area contributed by atoms with Crippen LogP contribution < -0.4 is 0 Å². The van der Waals surface area contributed by atoms with Gasteiger partial charge in [0, 0.05) is 0 Å². The Morgan fingerprint density at radius 2 is 2.24 bits per heavy atom. The molecular formula is C17H23NO3. The lowest BCUT2D eigenvalue weighted by Gasteiger charge is -2.25. The van der Waals surface area contributed by atoms with Gasteiger partial charge in [0.1, 0.15) is 12.6 Å². The van der Waals surface area contributed by atoms with Crippen LogP contribution in [0.15, 0.2) is 43.0 Å². The molecule has 114 valence electrons. The average Bonchev–Trinajstić information content (AvgIpc) is 2.82. The minimum atomic E-state index is -0.388. The lowest BCUT2D eigenvalue weighted by Crippen LogP contribution is -2.38. The molecule has 2 atom stereocenters. The Bertz CT molecular complexity index is 460. The van der Waals surface area contributed by atoms with E-state index >= 15 is 0 Å². The highest BCUT2D eigenvalue weighted by Gasteiger charge is 2.35. The van der Waals surface area contributed by atoms with Crippen molar-refractivity contribution in [2.24, 2.45) is 0 Å². The van der Waals surface area contributed by atoms with Crippen molar-refractivity contribution >= 4 is 6.09 Å². The number of hydroxylamine groups is 2. The number of cyclic esters (lactones) is 1. The van der Waals surface area contributed by atoms with Crippen molar-refractivity contribution in [3.8, 4) is 0 Å². The fourth-order valence-electron chi connectivity index (χ4n) is 2.49. The molecule has 1 heterocycles. The second kappa shape index (κ2) is 7.84. The molecule has 4 nitrogen and oxygen atoms in total. The molecule has 0 spiro atoms. The van der Waals surface area contributed by atoms with Crippen molar-refractivity contribution in [3.05, 3.63) is 48.6 Å². The second-order valence-corrected chi connectivity index (χ2v) is 5.29. The summed E-state index contributed by atoms with van der Waals surface area (Å²) in [5.74, 6) is 0. The van der Waals surface area contributed by atoms with E-state index in [0.717, 1.165) is 25.7 Å². The first-order chi connectivity index (χ1) is 10.2. The van der Waals surface area contributed by atoms with Crippen molar-refractivity contribution in [1.29, 1.82) is 0 Å². The van der Waals surface area contributed by atoms with Gasteiger partial charge in [-0.1, -0.05) is 49.8 Å². The molecule has 4 heteroatoms. The summed E-state index contributed by atoms with van der Waals surface area (Å²) in [4.78, 5) is 17.7. The second-order valence-electron chi connectivity index (χ2n) is 5.29. The van der Waals surface area contributed by atoms with Gasteiger partial charge in [0.15, 0.2) is 0 Å². The van der Waals surface area contributed by atoms with Crippen LogP contribution in [0.5, 0.6) is 0 Å². The molecule has 1 aliphatic heterocycles. The zero-order chi connectivity index (χ0) is 15.1. The zero-order valence-electron chi connectivity index (χ0n) is 12.5. The molecular weight excluding hydrogens is 266 g/mol. The van der Waals surface area contributed by atoms with Crippen LogP contribution in [-0.2, 0) is 16.0 Å². The predicted molar refractivity (Wildman–Crippen MR) is 81.7 cm³/mol. The third kappa shape index (κ3) is 4.33. The SMILES string of the molecule is C=CC[C@@H](CCC)ON1C(=O)OC[C@@H]1Cc1ccccc1. The first-order valence-corrected chi connectivity index (χ1v) is 7.52. The molecule has 1 aromatic rings. The molecule has 0 aromatic heterocycles. The van der Waals surface area contributed by atoms with E-state index in [2.05, 4.69) is 13.5 Å². The Kier molecular flexibility index (Phi) is 5.81. The van der Waals surface area contributed by atoms with Gasteiger partial charge < -0.3 is 4.74 Å². The van der Waals surface area contributed by atoms with Crippen molar-refractivity contribution < 1.29 is 14.4 Å². The normalized spacial score (nSPS) is 19.4. The van der Waals surface area contributed by atoms with Crippen molar-refractivity contribution in [3.63, 3.8) is 0 Å². The quantitative estimate of drug-likeness (QED) is 0.685. The highest BCUT2D eigenvalue weighted by molar-refractivity contribution is 5.68. The number of carbonyl (C=O) groups excluding carboxylic acids is 1. The van der Waals surface area contributed by atoms with Gasteiger partial charge in [0.25, 0.3) is 0 Å². The Balaban J connectivity index is 2.00. The fourth-order valence-corrected chi connectivity index (χ4v) is 2.49. The average molecular weight is 289 g/mol. The van der Waals surface area contributed by atoms with Crippen LogP contribution in [0.2, 0.25) is 0 Å². The number of amides is 1. The van der Waals surface area contributed by atoms with Crippen LogP contribution in [0.1, 0.15) is 31.7 Å². The first kappa shape index (κ1) is 15.6. The Labute approximate surface area is 126 Å². The lowest BCUT2D eigenvalue weighted by molar-refractivity contribution is -0.172. The smallest absolute Gasteiger partial charge is 0.434 e. The topological polar surface area (TPSA) is 38.8 Å². The third-order valence-corrected chi connectivity index (χ3v) is 3.53. The largest absolute Gasteiger partial charge is 0.446 e. The maximum Gasteiger partial charge on any atom is 0.434 e. The molecule has 0 saturated carbocycles. The summed E-state index contributed by atoms with van der Waals surface area (Å²) < 4.78 is 5.14. The third-order valence-electron chi connectivity index (χ3n) is 3.53. The zero-order valence-corrected chi connectivity index (χ0v) is 12.5. The summed E-state index contributed by atoms with van der Waals surface area (Å²) >= 11 is 0. The number of hydrogen-bond acceptors (Lipinski definition) is 3. The van der Waals surface area contributed by atoms with E-state index < -0.39 is 0 Å². The summed E-state index contributed by atoms with van der Waals surface area (Å²) in [7, 11) is 0. The number of ether oxygens (including phenoxy) is 1. The minimum Gasteiger partial charge on any atom is -0.446 e. The number of nitrogens with zero attached hydrogens (tertiary/aromatic N) is 1. The van der Waals surface area contributed by atoms with Crippen LogP contribution in [0.4, 0.5) is 4.79 Å². The van der Waals surface area contributed by atoms with Crippen LogP contribution in [0.25, 0.3) is 0 Å². The summed E-state index contributed by atoms with van der Waals surface area (Å²) in [5.41, 5.74) is 1.17. The molecule has 0 radical (unpaired) electrons. The highest BCUT2D eigenvalue weighted by Crippen LogP contribution is 2.21. The van der Waals surface area contributed by atoms with Gasteiger partial charge >= 0.3 is 6.09 Å². The first-order valence-electron chi connectivity index (χ1n) is 7.52. The molecule has 21 heavy (non-hydrogen) atoms. The molecule has 1 aromatic carbocycles. The maximum atomic E-state index is 11.9. The monoisotopic (exact) mass is 289 g/mol. The molecule has 0 bridgehead atoms. The van der Waals surface area contributed by atoms with Gasteiger partial charge in [-0.05, 0) is 24.8 Å². The molecule has 0 N–H and O–H groups in total. The van der Waals surface area contributed by atoms with Gasteiger partial charge in [-0.25, -0.2) is 4.79 Å².